The Hall–Kier alpha value is -1.17. The van der Waals surface area contributed by atoms with E-state index < -0.39 is 0 Å². The van der Waals surface area contributed by atoms with Crippen LogP contribution in [0.5, 0.6) is 0 Å². The molecule has 2 rings (SSSR count). The third kappa shape index (κ3) is 7.29. The quantitative estimate of drug-likeness (QED) is 0.746. The summed E-state index contributed by atoms with van der Waals surface area (Å²) in [5, 5.41) is 7.26. The fraction of sp³-hybridized carbons (Fsp3) is 0.611. The minimum absolute atomic E-state index is 0.219. The highest BCUT2D eigenvalue weighted by atomic mass is 32.1. The van der Waals surface area contributed by atoms with E-state index in [9.17, 15) is 0 Å². The van der Waals surface area contributed by atoms with Gasteiger partial charge in [0.25, 0.3) is 0 Å². The van der Waals surface area contributed by atoms with E-state index in [1.54, 1.807) is 0 Å². The van der Waals surface area contributed by atoms with E-state index in [2.05, 4.69) is 53.6 Å². The van der Waals surface area contributed by atoms with Crippen molar-refractivity contribution in [2.45, 2.75) is 26.4 Å². The molecule has 1 heterocycles. The van der Waals surface area contributed by atoms with Crippen molar-refractivity contribution in [1.82, 2.24) is 15.5 Å². The average molecular weight is 336 g/mol. The Bertz CT molecular complexity index is 467. The first kappa shape index (κ1) is 18.2. The summed E-state index contributed by atoms with van der Waals surface area (Å²) < 4.78 is 5.82. The molecule has 4 nitrogen and oxygen atoms in total. The molecule has 1 aliphatic rings. The Morgan fingerprint density at radius 2 is 2.09 bits per heavy atom. The lowest BCUT2D eigenvalue weighted by Gasteiger charge is -2.34. The summed E-state index contributed by atoms with van der Waals surface area (Å²) in [7, 11) is 0. The zero-order chi connectivity index (χ0) is 16.5. The number of hydrogen-bond acceptors (Lipinski definition) is 3. The number of morpholine rings is 1. The second-order valence-electron chi connectivity index (χ2n) is 6.52. The Balaban J connectivity index is 1.60. The van der Waals surface area contributed by atoms with E-state index in [1.165, 1.54) is 5.56 Å². The first-order chi connectivity index (χ1) is 11.1. The first-order valence-electron chi connectivity index (χ1n) is 8.53. The second kappa shape index (κ2) is 9.85. The maximum absolute atomic E-state index is 5.82. The minimum atomic E-state index is 0.219. The van der Waals surface area contributed by atoms with Gasteiger partial charge in [0.1, 0.15) is 0 Å². The molecule has 128 valence electrons. The predicted molar refractivity (Wildman–Crippen MR) is 99.8 cm³/mol. The van der Waals surface area contributed by atoms with Crippen LogP contribution in [0.25, 0.3) is 0 Å². The van der Waals surface area contributed by atoms with Crippen LogP contribution >= 0.6 is 12.2 Å². The molecule has 0 spiro atoms. The molecule has 1 aromatic carbocycles. The van der Waals surface area contributed by atoms with Crippen molar-refractivity contribution < 1.29 is 4.74 Å². The molecule has 0 radical (unpaired) electrons. The first-order valence-corrected chi connectivity index (χ1v) is 8.94. The fourth-order valence-corrected chi connectivity index (χ4v) is 3.01. The third-order valence-corrected chi connectivity index (χ3v) is 4.17. The Labute approximate surface area is 145 Å². The van der Waals surface area contributed by atoms with Crippen molar-refractivity contribution in [2.24, 2.45) is 5.92 Å². The summed E-state index contributed by atoms with van der Waals surface area (Å²) in [5.41, 5.74) is 1.32. The maximum atomic E-state index is 5.82. The number of nitrogens with one attached hydrogen (secondary N) is 2. The van der Waals surface area contributed by atoms with E-state index in [0.29, 0.717) is 11.0 Å². The van der Waals surface area contributed by atoms with Gasteiger partial charge < -0.3 is 15.4 Å². The van der Waals surface area contributed by atoms with Crippen molar-refractivity contribution in [1.29, 1.82) is 0 Å². The minimum Gasteiger partial charge on any atom is -0.374 e. The van der Waals surface area contributed by atoms with Crippen LogP contribution in [-0.2, 0) is 11.2 Å². The number of thiocarbonyl (C=S) groups is 1. The number of rotatable bonds is 7. The highest BCUT2D eigenvalue weighted by Gasteiger charge is 2.20. The van der Waals surface area contributed by atoms with Gasteiger partial charge in [-0.1, -0.05) is 44.2 Å². The van der Waals surface area contributed by atoms with E-state index >= 15 is 0 Å². The summed E-state index contributed by atoms with van der Waals surface area (Å²) in [4.78, 5) is 2.48. The maximum Gasteiger partial charge on any atom is 0.166 e. The summed E-state index contributed by atoms with van der Waals surface area (Å²) in [6.07, 6.45) is 1.20. The zero-order valence-corrected chi connectivity index (χ0v) is 15.1. The third-order valence-electron chi connectivity index (χ3n) is 3.88. The topological polar surface area (TPSA) is 36.5 Å². The van der Waals surface area contributed by atoms with Crippen molar-refractivity contribution in [3.63, 3.8) is 0 Å². The average Bonchev–Trinajstić information content (AvgIpc) is 2.54. The van der Waals surface area contributed by atoms with Crippen molar-refractivity contribution in [3.8, 4) is 0 Å². The molecule has 0 aliphatic carbocycles. The summed E-state index contributed by atoms with van der Waals surface area (Å²) >= 11 is 5.35. The van der Waals surface area contributed by atoms with Crippen LogP contribution in [0.2, 0.25) is 0 Å². The molecule has 2 N–H and O–H groups in total. The number of hydrogen-bond donors (Lipinski definition) is 2. The van der Waals surface area contributed by atoms with Gasteiger partial charge in [0.05, 0.1) is 12.7 Å². The molecule has 1 fully saturated rings. The van der Waals surface area contributed by atoms with Gasteiger partial charge in [-0.3, -0.25) is 4.90 Å². The molecule has 1 aromatic rings. The fourth-order valence-electron chi connectivity index (χ4n) is 2.82. The van der Waals surface area contributed by atoms with Crippen LogP contribution < -0.4 is 10.6 Å². The van der Waals surface area contributed by atoms with E-state index in [1.807, 2.05) is 6.07 Å². The molecule has 23 heavy (non-hydrogen) atoms. The van der Waals surface area contributed by atoms with Gasteiger partial charge in [0, 0.05) is 32.7 Å². The molecule has 0 aromatic heterocycles. The van der Waals surface area contributed by atoms with Crippen LogP contribution in [0.15, 0.2) is 30.3 Å². The van der Waals surface area contributed by atoms with Gasteiger partial charge in [-0.15, -0.1) is 0 Å². The SMILES string of the molecule is CC(C)CN1CCO[C@H](CNC(=S)NCCc2ccccc2)C1. The smallest absolute Gasteiger partial charge is 0.166 e. The zero-order valence-electron chi connectivity index (χ0n) is 14.3. The second-order valence-corrected chi connectivity index (χ2v) is 6.93. The highest BCUT2D eigenvalue weighted by Crippen LogP contribution is 2.07. The molecule has 0 amide bonds. The highest BCUT2D eigenvalue weighted by molar-refractivity contribution is 7.80. The van der Waals surface area contributed by atoms with Crippen molar-refractivity contribution >= 4 is 17.3 Å². The lowest BCUT2D eigenvalue weighted by atomic mass is 10.1. The van der Waals surface area contributed by atoms with Crippen LogP contribution in [0.3, 0.4) is 0 Å². The van der Waals surface area contributed by atoms with Gasteiger partial charge in [0.2, 0.25) is 0 Å². The lowest BCUT2D eigenvalue weighted by Crippen LogP contribution is -2.49. The Kier molecular flexibility index (Phi) is 7.79. The molecule has 0 bridgehead atoms. The van der Waals surface area contributed by atoms with Crippen LogP contribution in [0.4, 0.5) is 0 Å². The molecule has 1 aliphatic heterocycles. The molecule has 1 saturated heterocycles. The van der Waals surface area contributed by atoms with Gasteiger partial charge >= 0.3 is 0 Å². The van der Waals surface area contributed by atoms with E-state index in [-0.39, 0.29) is 6.10 Å². The Morgan fingerprint density at radius 3 is 2.83 bits per heavy atom. The summed E-state index contributed by atoms with van der Waals surface area (Å²) in [5.74, 6) is 0.697. The predicted octanol–water partition coefficient (Wildman–Crippen LogP) is 2.05. The van der Waals surface area contributed by atoms with E-state index in [0.717, 1.165) is 45.8 Å². The molecule has 0 unspecified atom stereocenters. The van der Waals surface area contributed by atoms with Crippen LogP contribution in [0, 0.1) is 5.92 Å². The van der Waals surface area contributed by atoms with Crippen molar-refractivity contribution in [3.05, 3.63) is 35.9 Å². The monoisotopic (exact) mass is 335 g/mol. The number of nitrogens with zero attached hydrogens (tertiary/aromatic N) is 1. The molecule has 5 heteroatoms. The normalized spacial score (nSPS) is 18.8. The van der Waals surface area contributed by atoms with Crippen LogP contribution in [0.1, 0.15) is 19.4 Å². The van der Waals surface area contributed by atoms with Crippen LogP contribution in [-0.4, -0.2) is 55.4 Å². The van der Waals surface area contributed by atoms with Gasteiger partial charge in [-0.2, -0.15) is 0 Å². The molecular weight excluding hydrogens is 306 g/mol. The molecular formula is C18H29N3OS. The lowest BCUT2D eigenvalue weighted by molar-refractivity contribution is -0.0283. The van der Waals surface area contributed by atoms with Gasteiger partial charge in [0.15, 0.2) is 5.11 Å². The molecule has 0 saturated carbocycles. The summed E-state index contributed by atoms with van der Waals surface area (Å²) in [6, 6.07) is 10.4. The summed E-state index contributed by atoms with van der Waals surface area (Å²) in [6.45, 7) is 10.1. The van der Waals surface area contributed by atoms with Crippen molar-refractivity contribution in [2.75, 3.05) is 39.3 Å². The van der Waals surface area contributed by atoms with E-state index in [4.69, 9.17) is 17.0 Å². The van der Waals surface area contributed by atoms with Gasteiger partial charge in [-0.05, 0) is 30.1 Å². The largest absolute Gasteiger partial charge is 0.374 e. The molecule has 1 atom stereocenters. The standard InChI is InChI=1S/C18H29N3OS/c1-15(2)13-21-10-11-22-17(14-21)12-20-18(23)19-9-8-16-6-4-3-5-7-16/h3-7,15,17H,8-14H2,1-2H3,(H2,19,20,23)/t17-/m1/s1. The number of benzene rings is 1. The van der Waals surface area contributed by atoms with Gasteiger partial charge in [-0.25, -0.2) is 0 Å². The number of ether oxygens (including phenoxy) is 1. The Morgan fingerprint density at radius 1 is 1.30 bits per heavy atom.